The molecule has 2 aliphatic rings. The number of nitrogens with one attached hydrogen (secondary N) is 1. The quantitative estimate of drug-likeness (QED) is 0.730. The highest BCUT2D eigenvalue weighted by molar-refractivity contribution is 5.86. The van der Waals surface area contributed by atoms with E-state index < -0.39 is 0 Å². The molecule has 0 amide bonds. The molecule has 2 atom stereocenters. The molecule has 0 spiro atoms. The summed E-state index contributed by atoms with van der Waals surface area (Å²) in [5.41, 5.74) is 2.83. The summed E-state index contributed by atoms with van der Waals surface area (Å²) < 4.78 is 9.00. The van der Waals surface area contributed by atoms with Crippen LogP contribution < -0.4 is 10.9 Å². The molecule has 27 heavy (non-hydrogen) atoms. The summed E-state index contributed by atoms with van der Waals surface area (Å²) in [4.78, 5) is 21.6. The van der Waals surface area contributed by atoms with Crippen LogP contribution in [0.15, 0.2) is 17.1 Å². The molecule has 0 saturated carbocycles. The van der Waals surface area contributed by atoms with Crippen molar-refractivity contribution in [2.75, 3.05) is 18.5 Å². The predicted molar refractivity (Wildman–Crippen MR) is 98.8 cm³/mol. The number of fused-ring (bicyclic) bond motifs is 2. The number of anilines is 1. The van der Waals surface area contributed by atoms with Crippen LogP contribution >= 0.6 is 0 Å². The second-order valence-corrected chi connectivity index (χ2v) is 7.23. The summed E-state index contributed by atoms with van der Waals surface area (Å²) in [6.07, 6.45) is 4.69. The topological polar surface area (TPSA) is 99.8 Å². The first kappa shape index (κ1) is 16.4. The van der Waals surface area contributed by atoms with E-state index in [9.17, 15) is 4.79 Å². The van der Waals surface area contributed by atoms with E-state index in [1.165, 1.54) is 0 Å². The summed E-state index contributed by atoms with van der Waals surface area (Å²) in [6, 6.07) is 1.46. The Morgan fingerprint density at radius 1 is 1.26 bits per heavy atom. The number of rotatable bonds is 3. The smallest absolute Gasteiger partial charge is 0.267 e. The fraction of sp³-hybridized carbons (Fsp3) is 0.500. The lowest BCUT2D eigenvalue weighted by molar-refractivity contribution is 0.182. The van der Waals surface area contributed by atoms with Gasteiger partial charge in [0.25, 0.3) is 5.56 Å². The summed E-state index contributed by atoms with van der Waals surface area (Å²) in [5.74, 6) is 1.37. The van der Waals surface area contributed by atoms with Gasteiger partial charge < -0.3 is 10.1 Å². The molecule has 9 nitrogen and oxygen atoms in total. The molecule has 140 valence electrons. The lowest BCUT2D eigenvalue weighted by Gasteiger charge is -2.21. The van der Waals surface area contributed by atoms with Gasteiger partial charge in [-0.15, -0.1) is 0 Å². The molecular formula is C18H21N7O2. The molecule has 0 radical (unpaired) electrons. The van der Waals surface area contributed by atoms with Crippen molar-refractivity contribution in [1.29, 1.82) is 0 Å². The third-order valence-corrected chi connectivity index (χ3v) is 5.37. The highest BCUT2D eigenvalue weighted by Gasteiger charge is 2.33. The maximum absolute atomic E-state index is 12.6. The average Bonchev–Trinajstić information content (AvgIpc) is 3.35. The number of nitrogens with zero attached hydrogens (tertiary/aromatic N) is 6. The maximum atomic E-state index is 12.6. The Balaban J connectivity index is 1.50. The second kappa shape index (κ2) is 6.12. The van der Waals surface area contributed by atoms with Crippen molar-refractivity contribution >= 4 is 16.9 Å². The van der Waals surface area contributed by atoms with Crippen LogP contribution in [0.4, 0.5) is 5.82 Å². The van der Waals surface area contributed by atoms with Crippen molar-refractivity contribution in [2.24, 2.45) is 7.05 Å². The zero-order valence-electron chi connectivity index (χ0n) is 15.3. The number of ether oxygens (including phenoxy) is 1. The number of aromatic nitrogens is 6. The molecule has 3 aromatic heterocycles. The zero-order valence-corrected chi connectivity index (χ0v) is 15.3. The van der Waals surface area contributed by atoms with E-state index in [0.29, 0.717) is 24.9 Å². The van der Waals surface area contributed by atoms with Crippen molar-refractivity contribution in [1.82, 2.24) is 29.5 Å². The van der Waals surface area contributed by atoms with Crippen molar-refractivity contribution in [3.05, 3.63) is 39.7 Å². The number of aryl methyl sites for hydroxylation is 4. The molecule has 1 aliphatic carbocycles. The van der Waals surface area contributed by atoms with Crippen molar-refractivity contribution < 1.29 is 4.74 Å². The van der Waals surface area contributed by atoms with E-state index in [0.717, 1.165) is 41.6 Å². The lowest BCUT2D eigenvalue weighted by atomic mass is 10.1. The highest BCUT2D eigenvalue weighted by atomic mass is 16.5. The van der Waals surface area contributed by atoms with Crippen LogP contribution in [0.2, 0.25) is 0 Å². The Bertz CT molecular complexity index is 1090. The molecule has 3 aromatic rings. The summed E-state index contributed by atoms with van der Waals surface area (Å²) >= 11 is 0. The molecule has 1 fully saturated rings. The van der Waals surface area contributed by atoms with Gasteiger partial charge in [0.05, 0.1) is 36.5 Å². The van der Waals surface area contributed by atoms with Gasteiger partial charge in [0.15, 0.2) is 5.65 Å². The Kier molecular flexibility index (Phi) is 3.71. The van der Waals surface area contributed by atoms with E-state index >= 15 is 0 Å². The predicted octanol–water partition coefficient (Wildman–Crippen LogP) is 0.769. The van der Waals surface area contributed by atoms with Gasteiger partial charge in [-0.2, -0.15) is 10.2 Å². The van der Waals surface area contributed by atoms with Crippen LogP contribution in [0.3, 0.4) is 0 Å². The fourth-order valence-electron chi connectivity index (χ4n) is 3.99. The third-order valence-electron chi connectivity index (χ3n) is 5.37. The normalized spacial score (nSPS) is 21.7. The Labute approximate surface area is 155 Å². The second-order valence-electron chi connectivity index (χ2n) is 7.23. The van der Waals surface area contributed by atoms with Crippen molar-refractivity contribution in [2.45, 2.75) is 38.3 Å². The minimum atomic E-state index is -0.176. The first-order valence-electron chi connectivity index (χ1n) is 9.22. The first-order valence-corrected chi connectivity index (χ1v) is 9.22. The summed E-state index contributed by atoms with van der Waals surface area (Å²) in [6.45, 7) is 2.79. The van der Waals surface area contributed by atoms with Gasteiger partial charge in [-0.1, -0.05) is 0 Å². The molecular weight excluding hydrogens is 346 g/mol. The van der Waals surface area contributed by atoms with Gasteiger partial charge in [-0.3, -0.25) is 9.48 Å². The van der Waals surface area contributed by atoms with Crippen molar-refractivity contribution in [3.63, 3.8) is 0 Å². The molecule has 9 heteroatoms. The van der Waals surface area contributed by atoms with Gasteiger partial charge in [-0.25, -0.2) is 14.6 Å². The van der Waals surface area contributed by atoms with E-state index in [-0.39, 0.29) is 17.6 Å². The zero-order chi connectivity index (χ0) is 18.5. The minimum Gasteiger partial charge on any atom is -0.377 e. The monoisotopic (exact) mass is 367 g/mol. The SMILES string of the molecule is Cc1nc(NC2COCC2n2nc3c(cc2=O)CCC3)c2cnn(C)c2n1. The summed E-state index contributed by atoms with van der Waals surface area (Å²) in [7, 11) is 1.86. The molecule has 1 saturated heterocycles. The molecule has 2 unspecified atom stereocenters. The van der Waals surface area contributed by atoms with Crippen LogP contribution in [0.1, 0.15) is 29.5 Å². The average molecular weight is 367 g/mol. The third kappa shape index (κ3) is 2.69. The van der Waals surface area contributed by atoms with Gasteiger partial charge in [-0.05, 0) is 31.7 Å². The van der Waals surface area contributed by atoms with E-state index in [1.807, 2.05) is 14.0 Å². The summed E-state index contributed by atoms with van der Waals surface area (Å²) in [5, 5.41) is 13.2. The van der Waals surface area contributed by atoms with Crippen LogP contribution in [-0.2, 0) is 24.6 Å². The standard InChI is InChI=1S/C18H21N7O2/c1-10-20-17(12-7-19-24(2)18(12)21-10)22-14-8-27-9-15(14)25-16(26)6-11-4-3-5-13(11)23-25/h6-7,14-15H,3-5,8-9H2,1-2H3,(H,20,21,22). The fourth-order valence-corrected chi connectivity index (χ4v) is 3.99. The molecule has 0 aromatic carbocycles. The molecule has 5 rings (SSSR count). The van der Waals surface area contributed by atoms with Crippen LogP contribution in [0.5, 0.6) is 0 Å². The van der Waals surface area contributed by atoms with Crippen LogP contribution in [0, 0.1) is 6.92 Å². The lowest BCUT2D eigenvalue weighted by Crippen LogP contribution is -2.38. The maximum Gasteiger partial charge on any atom is 0.267 e. The number of hydrogen-bond acceptors (Lipinski definition) is 7. The van der Waals surface area contributed by atoms with Gasteiger partial charge >= 0.3 is 0 Å². The molecule has 4 heterocycles. The highest BCUT2D eigenvalue weighted by Crippen LogP contribution is 2.26. The van der Waals surface area contributed by atoms with Gasteiger partial charge in [0, 0.05) is 13.1 Å². The largest absolute Gasteiger partial charge is 0.377 e. The van der Waals surface area contributed by atoms with Gasteiger partial charge in [0.1, 0.15) is 17.7 Å². The van der Waals surface area contributed by atoms with E-state index in [1.54, 1.807) is 21.6 Å². The molecule has 1 aliphatic heterocycles. The van der Waals surface area contributed by atoms with Gasteiger partial charge in [0.2, 0.25) is 0 Å². The first-order chi connectivity index (χ1) is 13.1. The van der Waals surface area contributed by atoms with E-state index in [4.69, 9.17) is 4.74 Å². The minimum absolute atomic E-state index is 0.0663. The van der Waals surface area contributed by atoms with Crippen molar-refractivity contribution in [3.8, 4) is 0 Å². The van der Waals surface area contributed by atoms with Crippen LogP contribution in [0.25, 0.3) is 11.0 Å². The number of hydrogen-bond donors (Lipinski definition) is 1. The van der Waals surface area contributed by atoms with E-state index in [2.05, 4.69) is 25.5 Å². The van der Waals surface area contributed by atoms with Crippen LogP contribution in [-0.4, -0.2) is 48.8 Å². The molecule has 1 N–H and O–H groups in total. The molecule has 0 bridgehead atoms. The Morgan fingerprint density at radius 2 is 2.15 bits per heavy atom. The Hall–Kier alpha value is -2.81. The Morgan fingerprint density at radius 3 is 3.04 bits per heavy atom.